The Labute approximate surface area is 144 Å². The molecule has 1 saturated carbocycles. The van der Waals surface area contributed by atoms with Crippen molar-refractivity contribution in [3.05, 3.63) is 34.4 Å². The Hall–Kier alpha value is -2.09. The minimum Gasteiger partial charge on any atom is -0.339 e. The fraction of sp³-hybridized carbons (Fsp3) is 0.500. The monoisotopic (exact) mass is 349 g/mol. The highest BCUT2D eigenvalue weighted by molar-refractivity contribution is 8.00. The molecule has 8 heteroatoms. The number of rotatable bonds is 5. The molecule has 0 aromatic heterocycles. The lowest BCUT2D eigenvalue weighted by molar-refractivity contribution is -0.384. The van der Waals surface area contributed by atoms with Crippen molar-refractivity contribution in [2.24, 2.45) is 5.92 Å². The third kappa shape index (κ3) is 4.05. The molecule has 0 spiro atoms. The number of nitro benzene ring substituents is 1. The predicted molar refractivity (Wildman–Crippen MR) is 89.7 cm³/mol. The minimum absolute atomic E-state index is 0.0388. The van der Waals surface area contributed by atoms with Crippen LogP contribution in [0.2, 0.25) is 0 Å². The first-order valence-corrected chi connectivity index (χ1v) is 8.97. The number of non-ortho nitro benzene ring substituents is 1. The van der Waals surface area contributed by atoms with E-state index in [4.69, 9.17) is 0 Å². The maximum atomic E-state index is 12.3. The first-order chi connectivity index (χ1) is 11.5. The van der Waals surface area contributed by atoms with Gasteiger partial charge in [-0.05, 0) is 25.0 Å². The lowest BCUT2D eigenvalue weighted by Gasteiger charge is -2.34. The molecule has 2 amide bonds. The van der Waals surface area contributed by atoms with Gasteiger partial charge in [-0.1, -0.05) is 0 Å². The standard InChI is InChI=1S/C16H19N3O4S/c20-15(11-24-14-5-3-13(4-6-14)19(22)23)17-7-9-18(10-8-17)16(21)12-1-2-12/h3-6,12H,1-2,7-11H2. The molecule has 0 N–H and O–H groups in total. The third-order valence-corrected chi connectivity index (χ3v) is 5.28. The average molecular weight is 349 g/mol. The first kappa shape index (κ1) is 16.8. The molecule has 0 atom stereocenters. The number of hydrogen-bond acceptors (Lipinski definition) is 5. The van der Waals surface area contributed by atoms with Gasteiger partial charge in [0.05, 0.1) is 10.7 Å². The maximum absolute atomic E-state index is 12.3. The zero-order valence-electron chi connectivity index (χ0n) is 13.2. The van der Waals surface area contributed by atoms with Gasteiger partial charge in [-0.15, -0.1) is 11.8 Å². The van der Waals surface area contributed by atoms with Crippen LogP contribution >= 0.6 is 11.8 Å². The second-order valence-corrected chi connectivity index (χ2v) is 7.07. The molecule has 128 valence electrons. The van der Waals surface area contributed by atoms with E-state index < -0.39 is 4.92 Å². The number of hydrogen-bond donors (Lipinski definition) is 0. The van der Waals surface area contributed by atoms with Crippen molar-refractivity contribution in [1.82, 2.24) is 9.80 Å². The van der Waals surface area contributed by atoms with E-state index in [1.165, 1.54) is 23.9 Å². The molecular weight excluding hydrogens is 330 g/mol. The molecule has 0 radical (unpaired) electrons. The van der Waals surface area contributed by atoms with Gasteiger partial charge in [-0.25, -0.2) is 0 Å². The quantitative estimate of drug-likeness (QED) is 0.459. The van der Waals surface area contributed by atoms with Gasteiger partial charge in [0.15, 0.2) is 0 Å². The summed E-state index contributed by atoms with van der Waals surface area (Å²) < 4.78 is 0. The number of nitrogens with zero attached hydrogens (tertiary/aromatic N) is 3. The zero-order chi connectivity index (χ0) is 17.1. The Morgan fingerprint density at radius 2 is 1.67 bits per heavy atom. The van der Waals surface area contributed by atoms with E-state index in [2.05, 4.69) is 0 Å². The average Bonchev–Trinajstić information content (AvgIpc) is 3.44. The highest BCUT2D eigenvalue weighted by Crippen LogP contribution is 2.31. The van der Waals surface area contributed by atoms with Gasteiger partial charge in [0, 0.05) is 49.1 Å². The number of piperazine rings is 1. The van der Waals surface area contributed by atoms with Crippen LogP contribution in [0.1, 0.15) is 12.8 Å². The number of amides is 2. The summed E-state index contributed by atoms with van der Waals surface area (Å²) in [5.41, 5.74) is 0.0436. The molecule has 1 saturated heterocycles. The van der Waals surface area contributed by atoms with Gasteiger partial charge in [0.2, 0.25) is 11.8 Å². The Bertz CT molecular complexity index is 637. The molecule has 1 aromatic carbocycles. The number of carbonyl (C=O) groups excluding carboxylic acids is 2. The third-order valence-electron chi connectivity index (χ3n) is 4.28. The summed E-state index contributed by atoms with van der Waals surface area (Å²) in [6, 6.07) is 6.19. The summed E-state index contributed by atoms with van der Waals surface area (Å²) >= 11 is 1.37. The van der Waals surface area contributed by atoms with Crippen LogP contribution in [0.25, 0.3) is 0 Å². The summed E-state index contributed by atoms with van der Waals surface area (Å²) in [4.78, 5) is 38.9. The molecule has 3 rings (SSSR count). The molecule has 0 bridgehead atoms. The van der Waals surface area contributed by atoms with Crippen molar-refractivity contribution >= 4 is 29.3 Å². The van der Waals surface area contributed by atoms with Gasteiger partial charge in [-0.2, -0.15) is 0 Å². The minimum atomic E-state index is -0.442. The van der Waals surface area contributed by atoms with E-state index in [0.717, 1.165) is 17.7 Å². The van der Waals surface area contributed by atoms with E-state index in [1.54, 1.807) is 17.0 Å². The first-order valence-electron chi connectivity index (χ1n) is 7.98. The van der Waals surface area contributed by atoms with Crippen LogP contribution in [-0.4, -0.2) is 58.5 Å². The van der Waals surface area contributed by atoms with Gasteiger partial charge in [-0.3, -0.25) is 19.7 Å². The van der Waals surface area contributed by atoms with E-state index in [9.17, 15) is 19.7 Å². The number of carbonyl (C=O) groups is 2. The van der Waals surface area contributed by atoms with Crippen LogP contribution in [0.15, 0.2) is 29.2 Å². The van der Waals surface area contributed by atoms with Crippen LogP contribution in [0, 0.1) is 16.0 Å². The van der Waals surface area contributed by atoms with Gasteiger partial charge in [0.25, 0.3) is 5.69 Å². The van der Waals surface area contributed by atoms with E-state index in [-0.39, 0.29) is 23.4 Å². The fourth-order valence-electron chi connectivity index (χ4n) is 2.67. The molecule has 2 aliphatic rings. The second-order valence-electron chi connectivity index (χ2n) is 6.02. The molecular formula is C16H19N3O4S. The smallest absolute Gasteiger partial charge is 0.269 e. The molecule has 24 heavy (non-hydrogen) atoms. The number of benzene rings is 1. The molecule has 1 aliphatic heterocycles. The van der Waals surface area contributed by atoms with Gasteiger partial charge >= 0.3 is 0 Å². The summed E-state index contributed by atoms with van der Waals surface area (Å²) in [6.07, 6.45) is 2.01. The predicted octanol–water partition coefficient (Wildman–Crippen LogP) is 1.77. The van der Waals surface area contributed by atoms with Crippen molar-refractivity contribution in [2.75, 3.05) is 31.9 Å². The summed E-state index contributed by atoms with van der Waals surface area (Å²) in [5.74, 6) is 0.804. The fourth-order valence-corrected chi connectivity index (χ4v) is 3.47. The van der Waals surface area contributed by atoms with Crippen molar-refractivity contribution < 1.29 is 14.5 Å². The zero-order valence-corrected chi connectivity index (χ0v) is 14.0. The van der Waals surface area contributed by atoms with Crippen LogP contribution in [0.3, 0.4) is 0 Å². The van der Waals surface area contributed by atoms with E-state index in [1.807, 2.05) is 4.90 Å². The highest BCUT2D eigenvalue weighted by atomic mass is 32.2. The molecule has 1 aliphatic carbocycles. The number of thioether (sulfide) groups is 1. The van der Waals surface area contributed by atoms with Crippen molar-refractivity contribution in [2.45, 2.75) is 17.7 Å². The van der Waals surface area contributed by atoms with Gasteiger partial charge in [0.1, 0.15) is 0 Å². The van der Waals surface area contributed by atoms with E-state index in [0.29, 0.717) is 31.9 Å². The Morgan fingerprint density at radius 3 is 2.21 bits per heavy atom. The number of nitro groups is 1. The van der Waals surface area contributed by atoms with Crippen molar-refractivity contribution in [3.63, 3.8) is 0 Å². The van der Waals surface area contributed by atoms with E-state index >= 15 is 0 Å². The maximum Gasteiger partial charge on any atom is 0.269 e. The molecule has 1 aromatic rings. The summed E-state index contributed by atoms with van der Waals surface area (Å²) in [7, 11) is 0. The molecule has 0 unspecified atom stereocenters. The summed E-state index contributed by atoms with van der Waals surface area (Å²) in [5, 5.41) is 10.6. The summed E-state index contributed by atoms with van der Waals surface area (Å²) in [6.45, 7) is 2.39. The topological polar surface area (TPSA) is 83.8 Å². The molecule has 1 heterocycles. The normalized spacial score (nSPS) is 17.7. The van der Waals surface area contributed by atoms with Crippen molar-refractivity contribution in [1.29, 1.82) is 0 Å². The van der Waals surface area contributed by atoms with Crippen LogP contribution in [-0.2, 0) is 9.59 Å². The Kier molecular flexibility index (Phi) is 5.03. The lowest BCUT2D eigenvalue weighted by Crippen LogP contribution is -2.51. The molecule has 7 nitrogen and oxygen atoms in total. The second kappa shape index (κ2) is 7.21. The van der Waals surface area contributed by atoms with Gasteiger partial charge < -0.3 is 9.80 Å². The SMILES string of the molecule is O=C(CSc1ccc([N+](=O)[O-])cc1)N1CCN(C(=O)C2CC2)CC1. The Balaban J connectivity index is 1.44. The molecule has 2 fully saturated rings. The lowest BCUT2D eigenvalue weighted by atomic mass is 10.2. The Morgan fingerprint density at radius 1 is 1.08 bits per heavy atom. The van der Waals surface area contributed by atoms with Crippen LogP contribution in [0.5, 0.6) is 0 Å². The van der Waals surface area contributed by atoms with Crippen molar-refractivity contribution in [3.8, 4) is 0 Å². The van der Waals surface area contributed by atoms with Crippen LogP contribution < -0.4 is 0 Å². The highest BCUT2D eigenvalue weighted by Gasteiger charge is 2.35. The van der Waals surface area contributed by atoms with Crippen LogP contribution in [0.4, 0.5) is 5.69 Å². The largest absolute Gasteiger partial charge is 0.339 e.